The standard InChI is InChI=1S/C27H23Cl2NO3S2/c1-17-7-6-8-18(2)24(17)32-11-12-33-25-20(13-21(28)15-22(25)29)14-23-26(31)30(27(34)35-23)16-19-9-4-3-5-10-19/h3-10,13-15H,11-12,16H2,1-2H3/b23-14-. The molecule has 1 saturated heterocycles. The number of thioether (sulfide) groups is 1. The Labute approximate surface area is 224 Å². The molecule has 1 heterocycles. The molecular weight excluding hydrogens is 521 g/mol. The molecule has 3 aromatic carbocycles. The summed E-state index contributed by atoms with van der Waals surface area (Å²) in [6, 6.07) is 19.1. The van der Waals surface area contributed by atoms with Crippen molar-refractivity contribution in [3.8, 4) is 11.5 Å². The fraction of sp³-hybridized carbons (Fsp3) is 0.185. The number of carbonyl (C=O) groups is 1. The van der Waals surface area contributed by atoms with Gasteiger partial charge in [-0.15, -0.1) is 0 Å². The summed E-state index contributed by atoms with van der Waals surface area (Å²) in [5.41, 5.74) is 3.74. The maximum atomic E-state index is 13.1. The highest BCUT2D eigenvalue weighted by Crippen LogP contribution is 2.38. The van der Waals surface area contributed by atoms with Crippen LogP contribution in [0.3, 0.4) is 0 Å². The molecule has 35 heavy (non-hydrogen) atoms. The van der Waals surface area contributed by atoms with Gasteiger partial charge < -0.3 is 9.47 Å². The van der Waals surface area contributed by atoms with E-state index in [-0.39, 0.29) is 12.5 Å². The molecule has 3 aromatic rings. The molecule has 0 spiro atoms. The number of nitrogens with zero attached hydrogens (tertiary/aromatic N) is 1. The molecule has 8 heteroatoms. The number of halogens is 2. The first kappa shape index (κ1) is 25.6. The molecule has 1 amide bonds. The van der Waals surface area contributed by atoms with E-state index in [0.717, 1.165) is 22.4 Å². The summed E-state index contributed by atoms with van der Waals surface area (Å²) in [4.78, 5) is 15.2. The lowest BCUT2D eigenvalue weighted by atomic mass is 10.1. The average molecular weight is 545 g/mol. The van der Waals surface area contributed by atoms with Gasteiger partial charge in [-0.05, 0) is 48.7 Å². The molecule has 180 valence electrons. The van der Waals surface area contributed by atoms with Crippen LogP contribution in [0.15, 0.2) is 65.6 Å². The minimum Gasteiger partial charge on any atom is -0.489 e. The van der Waals surface area contributed by atoms with Crippen molar-refractivity contribution in [1.29, 1.82) is 0 Å². The Morgan fingerprint density at radius 3 is 2.29 bits per heavy atom. The largest absolute Gasteiger partial charge is 0.489 e. The van der Waals surface area contributed by atoms with Gasteiger partial charge in [0, 0.05) is 10.6 Å². The first-order chi connectivity index (χ1) is 16.8. The second-order valence-corrected chi connectivity index (χ2v) is 10.5. The van der Waals surface area contributed by atoms with Crippen molar-refractivity contribution >= 4 is 63.5 Å². The van der Waals surface area contributed by atoms with Crippen LogP contribution in [0.4, 0.5) is 0 Å². The second kappa shape index (κ2) is 11.5. The van der Waals surface area contributed by atoms with Crippen LogP contribution in [-0.4, -0.2) is 28.3 Å². The number of benzene rings is 3. The van der Waals surface area contributed by atoms with Crippen LogP contribution in [0.25, 0.3) is 6.08 Å². The van der Waals surface area contributed by atoms with Crippen molar-refractivity contribution in [2.45, 2.75) is 20.4 Å². The number of rotatable bonds is 8. The second-order valence-electron chi connectivity index (χ2n) is 7.98. The number of amides is 1. The smallest absolute Gasteiger partial charge is 0.266 e. The zero-order valence-corrected chi connectivity index (χ0v) is 22.4. The molecule has 1 fully saturated rings. The molecule has 0 N–H and O–H groups in total. The number of thiocarbonyl (C=S) groups is 1. The highest BCUT2D eigenvalue weighted by Gasteiger charge is 2.32. The third-order valence-corrected chi connectivity index (χ3v) is 7.24. The number of hydrogen-bond acceptors (Lipinski definition) is 5. The summed E-state index contributed by atoms with van der Waals surface area (Å²) in [5.74, 6) is 1.12. The fourth-order valence-electron chi connectivity index (χ4n) is 3.70. The van der Waals surface area contributed by atoms with Crippen LogP contribution in [0.2, 0.25) is 10.0 Å². The lowest BCUT2D eigenvalue weighted by Gasteiger charge is -2.15. The summed E-state index contributed by atoms with van der Waals surface area (Å²) in [5, 5.41) is 0.802. The Morgan fingerprint density at radius 2 is 1.60 bits per heavy atom. The molecule has 0 atom stereocenters. The Bertz CT molecular complexity index is 1270. The van der Waals surface area contributed by atoms with Crippen LogP contribution in [0, 0.1) is 13.8 Å². The number of ether oxygens (including phenoxy) is 2. The molecule has 0 aromatic heterocycles. The fourth-order valence-corrected chi connectivity index (χ4v) is 5.51. The normalized spacial score (nSPS) is 14.6. The van der Waals surface area contributed by atoms with E-state index in [4.69, 9.17) is 44.9 Å². The lowest BCUT2D eigenvalue weighted by molar-refractivity contribution is -0.122. The molecule has 0 radical (unpaired) electrons. The summed E-state index contributed by atoms with van der Waals surface area (Å²) >= 11 is 19.4. The van der Waals surface area contributed by atoms with Crippen LogP contribution >= 0.6 is 47.2 Å². The molecule has 4 rings (SSSR count). The van der Waals surface area contributed by atoms with Crippen molar-refractivity contribution in [3.63, 3.8) is 0 Å². The zero-order valence-electron chi connectivity index (χ0n) is 19.2. The quantitative estimate of drug-likeness (QED) is 0.167. The summed E-state index contributed by atoms with van der Waals surface area (Å²) in [6.45, 7) is 5.03. The Morgan fingerprint density at radius 1 is 0.943 bits per heavy atom. The van der Waals surface area contributed by atoms with E-state index >= 15 is 0 Å². The Balaban J connectivity index is 1.50. The minimum absolute atomic E-state index is 0.163. The molecule has 0 bridgehead atoms. The van der Waals surface area contributed by atoms with Gasteiger partial charge in [-0.1, -0.05) is 95.7 Å². The molecule has 4 nitrogen and oxygen atoms in total. The van der Waals surface area contributed by atoms with Crippen molar-refractivity contribution in [2.24, 2.45) is 0 Å². The number of para-hydroxylation sites is 1. The molecule has 1 aliphatic rings. The third-order valence-electron chi connectivity index (χ3n) is 5.37. The first-order valence-corrected chi connectivity index (χ1v) is 12.9. The summed E-state index contributed by atoms with van der Waals surface area (Å²) in [7, 11) is 0. The van der Waals surface area contributed by atoms with E-state index in [1.807, 2.05) is 62.4 Å². The van der Waals surface area contributed by atoms with Crippen molar-refractivity contribution in [1.82, 2.24) is 4.90 Å². The highest BCUT2D eigenvalue weighted by atomic mass is 35.5. The van der Waals surface area contributed by atoms with Crippen molar-refractivity contribution in [2.75, 3.05) is 13.2 Å². The predicted octanol–water partition coefficient (Wildman–Crippen LogP) is 7.47. The Kier molecular flexibility index (Phi) is 8.39. The first-order valence-electron chi connectivity index (χ1n) is 10.9. The van der Waals surface area contributed by atoms with E-state index in [0.29, 0.717) is 43.7 Å². The van der Waals surface area contributed by atoms with E-state index < -0.39 is 0 Å². The monoisotopic (exact) mass is 543 g/mol. The Hall–Kier alpha value is -2.51. The van der Waals surface area contributed by atoms with Crippen LogP contribution < -0.4 is 9.47 Å². The molecule has 1 aliphatic heterocycles. The molecule has 0 saturated carbocycles. The van der Waals surface area contributed by atoms with Gasteiger partial charge in [-0.3, -0.25) is 9.69 Å². The van der Waals surface area contributed by atoms with Gasteiger partial charge >= 0.3 is 0 Å². The van der Waals surface area contributed by atoms with Gasteiger partial charge in [-0.2, -0.15) is 0 Å². The number of aryl methyl sites for hydroxylation is 2. The van der Waals surface area contributed by atoms with E-state index in [2.05, 4.69) is 0 Å². The predicted molar refractivity (Wildman–Crippen MR) is 149 cm³/mol. The molecular formula is C27H23Cl2NO3S2. The third kappa shape index (κ3) is 6.19. The van der Waals surface area contributed by atoms with E-state index in [1.165, 1.54) is 11.8 Å². The minimum atomic E-state index is -0.163. The van der Waals surface area contributed by atoms with Gasteiger partial charge in [-0.25, -0.2) is 0 Å². The average Bonchev–Trinajstić information content (AvgIpc) is 3.07. The maximum absolute atomic E-state index is 13.1. The van der Waals surface area contributed by atoms with Gasteiger partial charge in [0.25, 0.3) is 5.91 Å². The van der Waals surface area contributed by atoms with E-state index in [9.17, 15) is 4.79 Å². The van der Waals surface area contributed by atoms with Gasteiger partial charge in [0.05, 0.1) is 16.5 Å². The van der Waals surface area contributed by atoms with Gasteiger partial charge in [0.2, 0.25) is 0 Å². The molecule has 0 unspecified atom stereocenters. The van der Waals surface area contributed by atoms with Crippen molar-refractivity contribution in [3.05, 3.63) is 97.9 Å². The lowest BCUT2D eigenvalue weighted by Crippen LogP contribution is -2.27. The van der Waals surface area contributed by atoms with Crippen molar-refractivity contribution < 1.29 is 14.3 Å². The zero-order chi connectivity index (χ0) is 24.9. The van der Waals surface area contributed by atoms with Gasteiger partial charge in [0.15, 0.2) is 0 Å². The maximum Gasteiger partial charge on any atom is 0.266 e. The van der Waals surface area contributed by atoms with E-state index in [1.54, 1.807) is 23.1 Å². The van der Waals surface area contributed by atoms with Crippen LogP contribution in [-0.2, 0) is 11.3 Å². The topological polar surface area (TPSA) is 38.8 Å². The highest BCUT2D eigenvalue weighted by molar-refractivity contribution is 8.26. The van der Waals surface area contributed by atoms with Crippen LogP contribution in [0.1, 0.15) is 22.3 Å². The van der Waals surface area contributed by atoms with Crippen LogP contribution in [0.5, 0.6) is 11.5 Å². The SMILES string of the molecule is Cc1cccc(C)c1OCCOc1c(Cl)cc(Cl)cc1/C=C1\SC(=S)N(Cc2ccccc2)C1=O. The number of carbonyl (C=O) groups excluding carboxylic acids is 1. The molecule has 0 aliphatic carbocycles. The summed E-state index contributed by atoms with van der Waals surface area (Å²) < 4.78 is 12.4. The summed E-state index contributed by atoms with van der Waals surface area (Å²) in [6.07, 6.45) is 1.73. The number of hydrogen-bond donors (Lipinski definition) is 0. The van der Waals surface area contributed by atoms with Gasteiger partial charge in [0.1, 0.15) is 29.0 Å².